The number of carboxylic acids is 1. The number of halogens is 1. The van der Waals surface area contributed by atoms with Gasteiger partial charge in [0, 0.05) is 19.0 Å². The standard InChI is InChI=1S/C13H16ClNO4/c14-11-6-5-10(19-11)13(18)15-8-2-1-3-9(15)4-7-12(16)17/h5-6,9H,1-4,7-8H2,(H,16,17). The molecule has 1 aromatic rings. The van der Waals surface area contributed by atoms with Crippen molar-refractivity contribution in [2.24, 2.45) is 0 Å². The highest BCUT2D eigenvalue weighted by Crippen LogP contribution is 2.24. The lowest BCUT2D eigenvalue weighted by Gasteiger charge is -2.35. The number of piperidine rings is 1. The molecule has 1 aliphatic heterocycles. The van der Waals surface area contributed by atoms with Gasteiger partial charge in [-0.15, -0.1) is 0 Å². The molecule has 0 aromatic carbocycles. The van der Waals surface area contributed by atoms with Crippen molar-refractivity contribution < 1.29 is 19.1 Å². The molecule has 1 atom stereocenters. The van der Waals surface area contributed by atoms with Crippen molar-refractivity contribution >= 4 is 23.5 Å². The molecule has 5 nitrogen and oxygen atoms in total. The molecule has 1 aliphatic rings. The van der Waals surface area contributed by atoms with Crippen LogP contribution in [0.2, 0.25) is 5.22 Å². The number of nitrogens with zero attached hydrogens (tertiary/aromatic N) is 1. The molecule has 6 heteroatoms. The maximum Gasteiger partial charge on any atom is 0.303 e. The summed E-state index contributed by atoms with van der Waals surface area (Å²) >= 11 is 5.67. The van der Waals surface area contributed by atoms with E-state index in [9.17, 15) is 9.59 Å². The monoisotopic (exact) mass is 285 g/mol. The molecule has 0 spiro atoms. The Bertz CT molecular complexity index is 471. The van der Waals surface area contributed by atoms with Crippen LogP contribution in [0.4, 0.5) is 0 Å². The number of carbonyl (C=O) groups is 2. The topological polar surface area (TPSA) is 70.8 Å². The molecule has 1 amide bonds. The van der Waals surface area contributed by atoms with E-state index in [1.807, 2.05) is 0 Å². The quantitative estimate of drug-likeness (QED) is 0.923. The third kappa shape index (κ3) is 3.50. The lowest BCUT2D eigenvalue weighted by atomic mass is 9.97. The van der Waals surface area contributed by atoms with E-state index in [0.29, 0.717) is 13.0 Å². The van der Waals surface area contributed by atoms with Crippen molar-refractivity contribution in [3.05, 3.63) is 23.1 Å². The molecule has 0 saturated carbocycles. The van der Waals surface area contributed by atoms with E-state index in [4.69, 9.17) is 21.1 Å². The third-order valence-corrected chi connectivity index (χ3v) is 3.57. The van der Waals surface area contributed by atoms with Gasteiger partial charge in [-0.1, -0.05) is 0 Å². The molecule has 1 aromatic heterocycles. The fourth-order valence-electron chi connectivity index (χ4n) is 2.43. The van der Waals surface area contributed by atoms with Crippen LogP contribution in [-0.2, 0) is 4.79 Å². The van der Waals surface area contributed by atoms with E-state index in [1.54, 1.807) is 11.0 Å². The Labute approximate surface area is 116 Å². The van der Waals surface area contributed by atoms with Crippen molar-refractivity contribution in [1.29, 1.82) is 0 Å². The van der Waals surface area contributed by atoms with Crippen LogP contribution in [0.1, 0.15) is 42.7 Å². The normalized spacial score (nSPS) is 19.4. The van der Waals surface area contributed by atoms with Gasteiger partial charge >= 0.3 is 5.97 Å². The van der Waals surface area contributed by atoms with Gasteiger partial charge < -0.3 is 14.4 Å². The average Bonchev–Trinajstić information content (AvgIpc) is 2.82. The van der Waals surface area contributed by atoms with Gasteiger partial charge in [0.2, 0.25) is 0 Å². The second kappa shape index (κ2) is 6.10. The van der Waals surface area contributed by atoms with Crippen LogP contribution in [-0.4, -0.2) is 34.5 Å². The number of likely N-dealkylation sites (tertiary alicyclic amines) is 1. The molecule has 104 valence electrons. The van der Waals surface area contributed by atoms with Gasteiger partial charge in [-0.2, -0.15) is 0 Å². The summed E-state index contributed by atoms with van der Waals surface area (Å²) < 4.78 is 5.13. The molecule has 19 heavy (non-hydrogen) atoms. The number of hydrogen-bond donors (Lipinski definition) is 1. The van der Waals surface area contributed by atoms with E-state index in [0.717, 1.165) is 19.3 Å². The van der Waals surface area contributed by atoms with Crippen LogP contribution < -0.4 is 0 Å². The van der Waals surface area contributed by atoms with E-state index in [1.165, 1.54) is 6.07 Å². The van der Waals surface area contributed by atoms with Gasteiger partial charge in [-0.25, -0.2) is 0 Å². The first-order valence-electron chi connectivity index (χ1n) is 6.36. The van der Waals surface area contributed by atoms with Gasteiger partial charge in [-0.3, -0.25) is 9.59 Å². The maximum absolute atomic E-state index is 12.3. The summed E-state index contributed by atoms with van der Waals surface area (Å²) in [5.74, 6) is -0.826. The lowest BCUT2D eigenvalue weighted by molar-refractivity contribution is -0.137. The van der Waals surface area contributed by atoms with Crippen molar-refractivity contribution in [1.82, 2.24) is 4.90 Å². The molecule has 0 aliphatic carbocycles. The SMILES string of the molecule is O=C(O)CCC1CCCCN1C(=O)c1ccc(Cl)o1. The van der Waals surface area contributed by atoms with Gasteiger partial charge in [-0.05, 0) is 49.4 Å². The van der Waals surface area contributed by atoms with Crippen LogP contribution in [0.15, 0.2) is 16.5 Å². The molecule has 1 unspecified atom stereocenters. The summed E-state index contributed by atoms with van der Waals surface area (Å²) in [6, 6.07) is 3.06. The number of furan rings is 1. The van der Waals surface area contributed by atoms with E-state index in [-0.39, 0.29) is 29.3 Å². The lowest BCUT2D eigenvalue weighted by Crippen LogP contribution is -2.43. The summed E-state index contributed by atoms with van der Waals surface area (Å²) in [6.07, 6.45) is 3.35. The number of hydrogen-bond acceptors (Lipinski definition) is 3. The fourth-order valence-corrected chi connectivity index (χ4v) is 2.58. The maximum atomic E-state index is 12.3. The zero-order valence-corrected chi connectivity index (χ0v) is 11.2. The van der Waals surface area contributed by atoms with Crippen LogP contribution in [0.25, 0.3) is 0 Å². The predicted octanol–water partition coefficient (Wildman–Crippen LogP) is 2.79. The molecule has 0 radical (unpaired) electrons. The average molecular weight is 286 g/mol. The van der Waals surface area contributed by atoms with Crippen LogP contribution in [0, 0.1) is 0 Å². The van der Waals surface area contributed by atoms with Crippen LogP contribution >= 0.6 is 11.6 Å². The number of aliphatic carboxylic acids is 1. The third-order valence-electron chi connectivity index (χ3n) is 3.36. The van der Waals surface area contributed by atoms with Gasteiger partial charge in [0.1, 0.15) is 0 Å². The van der Waals surface area contributed by atoms with Crippen molar-refractivity contribution in [3.8, 4) is 0 Å². The molecular formula is C13H16ClNO4. The Kier molecular flexibility index (Phi) is 4.47. The largest absolute Gasteiger partial charge is 0.481 e. The molecule has 2 rings (SSSR count). The fraction of sp³-hybridized carbons (Fsp3) is 0.538. The van der Waals surface area contributed by atoms with Crippen molar-refractivity contribution in [2.75, 3.05) is 6.54 Å². The summed E-state index contributed by atoms with van der Waals surface area (Å²) in [4.78, 5) is 24.7. The number of rotatable bonds is 4. The number of amides is 1. The first-order valence-corrected chi connectivity index (χ1v) is 6.74. The minimum absolute atomic E-state index is 0.0266. The highest BCUT2D eigenvalue weighted by Gasteiger charge is 2.29. The summed E-state index contributed by atoms with van der Waals surface area (Å²) in [6.45, 7) is 0.640. The second-order valence-electron chi connectivity index (χ2n) is 4.68. The summed E-state index contributed by atoms with van der Waals surface area (Å²) in [7, 11) is 0. The molecule has 1 N–H and O–H groups in total. The molecular weight excluding hydrogens is 270 g/mol. The summed E-state index contributed by atoms with van der Waals surface area (Å²) in [5.41, 5.74) is 0. The Balaban J connectivity index is 2.06. The number of carbonyl (C=O) groups excluding carboxylic acids is 1. The van der Waals surface area contributed by atoms with Crippen LogP contribution in [0.3, 0.4) is 0 Å². The Morgan fingerprint density at radius 1 is 1.42 bits per heavy atom. The predicted molar refractivity (Wildman–Crippen MR) is 69.3 cm³/mol. The minimum Gasteiger partial charge on any atom is -0.481 e. The molecule has 2 heterocycles. The molecule has 0 bridgehead atoms. The Hall–Kier alpha value is -1.49. The first-order chi connectivity index (χ1) is 9.08. The van der Waals surface area contributed by atoms with Crippen molar-refractivity contribution in [3.63, 3.8) is 0 Å². The smallest absolute Gasteiger partial charge is 0.303 e. The van der Waals surface area contributed by atoms with E-state index < -0.39 is 5.97 Å². The van der Waals surface area contributed by atoms with Crippen molar-refractivity contribution in [2.45, 2.75) is 38.1 Å². The van der Waals surface area contributed by atoms with Crippen LogP contribution in [0.5, 0.6) is 0 Å². The zero-order chi connectivity index (χ0) is 13.8. The summed E-state index contributed by atoms with van der Waals surface area (Å²) in [5, 5.41) is 8.93. The van der Waals surface area contributed by atoms with Gasteiger partial charge in [0.25, 0.3) is 5.91 Å². The van der Waals surface area contributed by atoms with E-state index >= 15 is 0 Å². The highest BCUT2D eigenvalue weighted by molar-refractivity contribution is 6.29. The second-order valence-corrected chi connectivity index (χ2v) is 5.06. The van der Waals surface area contributed by atoms with E-state index in [2.05, 4.69) is 0 Å². The zero-order valence-electron chi connectivity index (χ0n) is 10.5. The van der Waals surface area contributed by atoms with Gasteiger partial charge in [0.15, 0.2) is 11.0 Å². The highest BCUT2D eigenvalue weighted by atomic mass is 35.5. The Morgan fingerprint density at radius 3 is 2.84 bits per heavy atom. The van der Waals surface area contributed by atoms with Gasteiger partial charge in [0.05, 0.1) is 0 Å². The molecule has 1 fully saturated rings. The first kappa shape index (κ1) is 13.9. The Morgan fingerprint density at radius 2 is 2.21 bits per heavy atom. The minimum atomic E-state index is -0.834. The number of carboxylic acid groups (broad SMARTS) is 1. The molecule has 1 saturated heterocycles.